The molecular formula is C17H23N3O3S. The number of hydrogen-bond donors (Lipinski definition) is 0. The largest absolute Gasteiger partial charge is 0.485 e. The van der Waals surface area contributed by atoms with Crippen molar-refractivity contribution in [3.05, 3.63) is 24.3 Å². The lowest BCUT2D eigenvalue weighted by Gasteiger charge is -2.37. The smallest absolute Gasteiger partial charge is 0.282 e. The van der Waals surface area contributed by atoms with Gasteiger partial charge in [-0.2, -0.15) is 0 Å². The average molecular weight is 349 g/mol. The maximum Gasteiger partial charge on any atom is 0.282 e. The topological polar surface area (TPSA) is 53.1 Å². The van der Waals surface area contributed by atoms with E-state index in [9.17, 15) is 9.59 Å². The summed E-state index contributed by atoms with van der Waals surface area (Å²) in [5.74, 6) is 1.59. The minimum atomic E-state index is -0.0718. The van der Waals surface area contributed by atoms with Crippen LogP contribution in [0.4, 0.5) is 10.5 Å². The molecule has 1 fully saturated rings. The molecule has 2 amide bonds. The predicted octanol–water partition coefficient (Wildman–Crippen LogP) is 1.90. The van der Waals surface area contributed by atoms with Crippen molar-refractivity contribution >= 4 is 28.6 Å². The fraction of sp³-hybridized carbons (Fsp3) is 0.529. The third-order valence-electron chi connectivity index (χ3n) is 4.38. The molecule has 130 valence electrons. The maximum atomic E-state index is 12.4. The van der Waals surface area contributed by atoms with Gasteiger partial charge in [-0.3, -0.25) is 9.59 Å². The number of ether oxygens (including phenoxy) is 1. The molecule has 3 rings (SSSR count). The molecule has 1 unspecified atom stereocenters. The standard InChI is InChI=1S/C17H23N3O3S/c1-3-19-11-13(23-15-7-5-4-6-14(15)19)10-18(2)16(21)12-20-8-9-24-17(20)22/h4-7,13H,3,8-12H2,1-2H3. The highest BCUT2D eigenvalue weighted by molar-refractivity contribution is 8.13. The molecule has 0 spiro atoms. The van der Waals surface area contributed by atoms with Crippen LogP contribution in [0.3, 0.4) is 0 Å². The van der Waals surface area contributed by atoms with Crippen molar-refractivity contribution in [2.45, 2.75) is 13.0 Å². The number of para-hydroxylation sites is 2. The molecule has 0 aliphatic carbocycles. The van der Waals surface area contributed by atoms with Gasteiger partial charge in [0.05, 0.1) is 18.8 Å². The molecule has 1 atom stereocenters. The number of fused-ring (bicyclic) bond motifs is 1. The molecule has 1 saturated heterocycles. The molecule has 2 aliphatic rings. The van der Waals surface area contributed by atoms with Crippen LogP contribution in [0, 0.1) is 0 Å². The van der Waals surface area contributed by atoms with E-state index in [1.807, 2.05) is 18.2 Å². The van der Waals surface area contributed by atoms with Gasteiger partial charge < -0.3 is 19.4 Å². The Morgan fingerprint density at radius 1 is 1.38 bits per heavy atom. The quantitative estimate of drug-likeness (QED) is 0.813. The molecule has 1 aromatic carbocycles. The van der Waals surface area contributed by atoms with Gasteiger partial charge in [0.2, 0.25) is 5.91 Å². The van der Waals surface area contributed by atoms with Crippen LogP contribution >= 0.6 is 11.8 Å². The molecule has 24 heavy (non-hydrogen) atoms. The summed E-state index contributed by atoms with van der Waals surface area (Å²) in [5.41, 5.74) is 1.10. The van der Waals surface area contributed by atoms with Crippen molar-refractivity contribution in [2.24, 2.45) is 0 Å². The molecule has 7 heteroatoms. The molecule has 1 aromatic rings. The zero-order chi connectivity index (χ0) is 17.1. The van der Waals surface area contributed by atoms with Crippen LogP contribution in [-0.2, 0) is 4.79 Å². The zero-order valence-electron chi connectivity index (χ0n) is 14.1. The van der Waals surface area contributed by atoms with Crippen LogP contribution in [0.25, 0.3) is 0 Å². The van der Waals surface area contributed by atoms with E-state index in [1.165, 1.54) is 11.8 Å². The number of carbonyl (C=O) groups is 2. The first kappa shape index (κ1) is 17.0. The fourth-order valence-electron chi connectivity index (χ4n) is 3.03. The van der Waals surface area contributed by atoms with E-state index in [0.29, 0.717) is 13.1 Å². The summed E-state index contributed by atoms with van der Waals surface area (Å²) in [6, 6.07) is 7.99. The highest BCUT2D eigenvalue weighted by atomic mass is 32.2. The first-order chi connectivity index (χ1) is 11.6. The summed E-state index contributed by atoms with van der Waals surface area (Å²) < 4.78 is 6.06. The van der Waals surface area contributed by atoms with E-state index in [2.05, 4.69) is 17.9 Å². The van der Waals surface area contributed by atoms with Gasteiger partial charge in [0.25, 0.3) is 5.24 Å². The van der Waals surface area contributed by atoms with Gasteiger partial charge in [-0.1, -0.05) is 23.9 Å². The highest BCUT2D eigenvalue weighted by Crippen LogP contribution is 2.32. The van der Waals surface area contributed by atoms with Gasteiger partial charge in [-0.25, -0.2) is 0 Å². The van der Waals surface area contributed by atoms with Crippen molar-refractivity contribution in [3.63, 3.8) is 0 Å². The maximum absolute atomic E-state index is 12.4. The van der Waals surface area contributed by atoms with Gasteiger partial charge in [-0.15, -0.1) is 0 Å². The highest BCUT2D eigenvalue weighted by Gasteiger charge is 2.28. The van der Waals surface area contributed by atoms with Gasteiger partial charge in [0, 0.05) is 25.9 Å². The molecular weight excluding hydrogens is 326 g/mol. The Bertz CT molecular complexity index is 625. The number of amides is 2. The van der Waals surface area contributed by atoms with E-state index in [4.69, 9.17) is 4.74 Å². The van der Waals surface area contributed by atoms with Crippen LogP contribution in [0.1, 0.15) is 6.92 Å². The summed E-state index contributed by atoms with van der Waals surface area (Å²) in [6.07, 6.45) is -0.0718. The van der Waals surface area contributed by atoms with Crippen LogP contribution in [-0.4, -0.2) is 72.6 Å². The summed E-state index contributed by atoms with van der Waals surface area (Å²) in [7, 11) is 1.77. The number of anilines is 1. The van der Waals surface area contributed by atoms with Crippen LogP contribution in [0.2, 0.25) is 0 Å². The normalized spacial score (nSPS) is 19.9. The van der Waals surface area contributed by atoms with Gasteiger partial charge in [0.15, 0.2) is 0 Å². The number of hydrogen-bond acceptors (Lipinski definition) is 5. The third-order valence-corrected chi connectivity index (χ3v) is 5.27. The predicted molar refractivity (Wildman–Crippen MR) is 95.8 cm³/mol. The Morgan fingerprint density at radius 2 is 2.17 bits per heavy atom. The van der Waals surface area contributed by atoms with E-state index < -0.39 is 0 Å². The molecule has 0 radical (unpaired) electrons. The van der Waals surface area contributed by atoms with Crippen molar-refractivity contribution in [1.29, 1.82) is 0 Å². The lowest BCUT2D eigenvalue weighted by Crippen LogP contribution is -2.48. The number of carbonyl (C=O) groups excluding carboxylic acids is 2. The van der Waals surface area contributed by atoms with Gasteiger partial charge in [-0.05, 0) is 19.1 Å². The molecule has 2 aliphatic heterocycles. The molecule has 0 aromatic heterocycles. The SMILES string of the molecule is CCN1CC(CN(C)C(=O)CN2CCSC2=O)Oc2ccccc21. The number of rotatable bonds is 5. The van der Waals surface area contributed by atoms with E-state index in [1.54, 1.807) is 16.8 Å². The van der Waals surface area contributed by atoms with E-state index >= 15 is 0 Å². The van der Waals surface area contributed by atoms with E-state index in [-0.39, 0.29) is 23.8 Å². The van der Waals surface area contributed by atoms with Crippen molar-refractivity contribution in [2.75, 3.05) is 50.4 Å². The minimum Gasteiger partial charge on any atom is -0.485 e. The molecule has 6 nitrogen and oxygen atoms in total. The van der Waals surface area contributed by atoms with Gasteiger partial charge in [0.1, 0.15) is 18.4 Å². The van der Waals surface area contributed by atoms with Crippen molar-refractivity contribution in [1.82, 2.24) is 9.80 Å². The summed E-state index contributed by atoms with van der Waals surface area (Å²) in [4.78, 5) is 29.5. The minimum absolute atomic E-state index is 0.00301. The van der Waals surface area contributed by atoms with E-state index in [0.717, 1.165) is 30.3 Å². The zero-order valence-corrected chi connectivity index (χ0v) is 14.9. The second-order valence-corrected chi connectivity index (χ2v) is 7.10. The van der Waals surface area contributed by atoms with Crippen LogP contribution in [0.15, 0.2) is 24.3 Å². The molecule has 2 heterocycles. The van der Waals surface area contributed by atoms with Crippen molar-refractivity contribution in [3.8, 4) is 5.75 Å². The first-order valence-corrected chi connectivity index (χ1v) is 9.23. The number of thioether (sulfide) groups is 1. The average Bonchev–Trinajstić information content (AvgIpc) is 2.98. The number of likely N-dealkylation sites (N-methyl/N-ethyl adjacent to an activating group) is 2. The first-order valence-electron chi connectivity index (χ1n) is 8.24. The van der Waals surface area contributed by atoms with Gasteiger partial charge >= 0.3 is 0 Å². The third kappa shape index (κ3) is 3.61. The Balaban J connectivity index is 1.59. The van der Waals surface area contributed by atoms with Crippen molar-refractivity contribution < 1.29 is 14.3 Å². The second-order valence-electron chi connectivity index (χ2n) is 6.06. The lowest BCUT2D eigenvalue weighted by atomic mass is 10.2. The molecule has 0 saturated carbocycles. The van der Waals surface area contributed by atoms with Crippen LogP contribution in [0.5, 0.6) is 5.75 Å². The summed E-state index contributed by atoms with van der Waals surface area (Å²) >= 11 is 1.28. The Kier molecular flexibility index (Phi) is 5.18. The lowest BCUT2D eigenvalue weighted by molar-refractivity contribution is -0.131. The molecule has 0 N–H and O–H groups in total. The number of nitrogens with zero attached hydrogens (tertiary/aromatic N) is 3. The Hall–Kier alpha value is -1.89. The number of benzene rings is 1. The summed E-state index contributed by atoms with van der Waals surface area (Å²) in [5, 5.41) is -0.00301. The van der Waals surface area contributed by atoms with Crippen LogP contribution < -0.4 is 9.64 Å². The Labute approximate surface area is 146 Å². The monoisotopic (exact) mass is 349 g/mol. The second kappa shape index (κ2) is 7.34. The molecule has 0 bridgehead atoms. The summed E-state index contributed by atoms with van der Waals surface area (Å²) in [6.45, 7) is 5.09. The Morgan fingerprint density at radius 3 is 2.88 bits per heavy atom. The fourth-order valence-corrected chi connectivity index (χ4v) is 3.86.